The molecule has 0 unspecified atom stereocenters. The first-order chi connectivity index (χ1) is 8.33. The van der Waals surface area contributed by atoms with Crippen molar-refractivity contribution in [3.63, 3.8) is 0 Å². The number of aromatic amines is 1. The van der Waals surface area contributed by atoms with Gasteiger partial charge < -0.3 is 9.73 Å². The van der Waals surface area contributed by atoms with Crippen molar-refractivity contribution in [2.45, 2.75) is 6.54 Å². The van der Waals surface area contributed by atoms with Crippen molar-refractivity contribution in [2.24, 2.45) is 0 Å². The van der Waals surface area contributed by atoms with Crippen molar-refractivity contribution in [3.05, 3.63) is 46.1 Å². The molecule has 0 saturated carbocycles. The number of aromatic nitrogens is 2. The van der Waals surface area contributed by atoms with E-state index in [9.17, 15) is 0 Å². The van der Waals surface area contributed by atoms with Gasteiger partial charge in [0, 0.05) is 11.1 Å². The van der Waals surface area contributed by atoms with Gasteiger partial charge >= 0.3 is 0 Å². The molecular formula is C12H10IN3O. The number of nitrogens with zero attached hydrogens (tertiary/aromatic N) is 1. The lowest BCUT2D eigenvalue weighted by atomic mass is 10.2. The Kier molecular flexibility index (Phi) is 2.76. The van der Waals surface area contributed by atoms with E-state index in [1.165, 1.54) is 0 Å². The van der Waals surface area contributed by atoms with E-state index >= 15 is 0 Å². The molecule has 0 amide bonds. The van der Waals surface area contributed by atoms with Crippen LogP contribution in [-0.4, -0.2) is 10.2 Å². The molecule has 0 aliphatic carbocycles. The third kappa shape index (κ3) is 2.14. The fraction of sp³-hybridized carbons (Fsp3) is 0.0833. The second-order valence-corrected chi connectivity index (χ2v) is 4.76. The van der Waals surface area contributed by atoms with E-state index in [-0.39, 0.29) is 0 Å². The summed E-state index contributed by atoms with van der Waals surface area (Å²) in [6, 6.07) is 9.96. The van der Waals surface area contributed by atoms with Crippen LogP contribution >= 0.6 is 22.6 Å². The fourth-order valence-corrected chi connectivity index (χ4v) is 2.21. The molecule has 4 nitrogen and oxygen atoms in total. The quantitative estimate of drug-likeness (QED) is 0.720. The molecule has 0 bridgehead atoms. The van der Waals surface area contributed by atoms with Crippen LogP contribution in [0.15, 0.2) is 40.9 Å². The highest BCUT2D eigenvalue weighted by molar-refractivity contribution is 14.1. The lowest BCUT2D eigenvalue weighted by Gasteiger charge is -2.05. The van der Waals surface area contributed by atoms with Gasteiger partial charge in [-0.2, -0.15) is 5.10 Å². The first kappa shape index (κ1) is 10.6. The zero-order chi connectivity index (χ0) is 11.7. The molecule has 3 rings (SSSR count). The summed E-state index contributed by atoms with van der Waals surface area (Å²) in [6.45, 7) is 0.674. The number of furan rings is 1. The molecule has 0 fully saturated rings. The number of hydrogen-bond donors (Lipinski definition) is 2. The third-order valence-electron chi connectivity index (χ3n) is 2.57. The Balaban J connectivity index is 1.83. The standard InChI is InChI=1S/C12H10IN3O/c13-12-5-4-8(17-12)6-14-10-2-1-3-11-9(10)7-15-16-11/h1-5,7,14H,6H2,(H,15,16). The lowest BCUT2D eigenvalue weighted by Crippen LogP contribution is -1.98. The van der Waals surface area contributed by atoms with Crippen molar-refractivity contribution in [3.8, 4) is 0 Å². The summed E-state index contributed by atoms with van der Waals surface area (Å²) in [4.78, 5) is 0. The van der Waals surface area contributed by atoms with Gasteiger partial charge in [0.25, 0.3) is 0 Å². The highest BCUT2D eigenvalue weighted by atomic mass is 127. The van der Waals surface area contributed by atoms with E-state index in [1.807, 2.05) is 36.5 Å². The molecular weight excluding hydrogens is 329 g/mol. The van der Waals surface area contributed by atoms with Gasteiger partial charge in [-0.25, -0.2) is 0 Å². The van der Waals surface area contributed by atoms with Crippen molar-refractivity contribution in [1.29, 1.82) is 0 Å². The van der Waals surface area contributed by atoms with Gasteiger partial charge in [-0.05, 0) is 46.9 Å². The first-order valence-electron chi connectivity index (χ1n) is 5.23. The summed E-state index contributed by atoms with van der Waals surface area (Å²) in [5, 5.41) is 11.4. The normalized spacial score (nSPS) is 10.9. The summed E-state index contributed by atoms with van der Waals surface area (Å²) >= 11 is 2.16. The molecule has 0 saturated heterocycles. The van der Waals surface area contributed by atoms with Crippen LogP contribution in [0.2, 0.25) is 0 Å². The Morgan fingerprint density at radius 2 is 2.24 bits per heavy atom. The number of fused-ring (bicyclic) bond motifs is 1. The molecule has 2 aromatic heterocycles. The molecule has 2 heterocycles. The minimum atomic E-state index is 0.674. The van der Waals surface area contributed by atoms with Gasteiger partial charge in [-0.1, -0.05) is 6.07 Å². The minimum absolute atomic E-state index is 0.674. The van der Waals surface area contributed by atoms with Crippen molar-refractivity contribution in [1.82, 2.24) is 10.2 Å². The predicted molar refractivity (Wildman–Crippen MR) is 74.8 cm³/mol. The van der Waals surface area contributed by atoms with E-state index in [4.69, 9.17) is 4.42 Å². The number of halogens is 1. The zero-order valence-electron chi connectivity index (χ0n) is 8.90. The Hall–Kier alpha value is -1.50. The molecule has 0 aliphatic rings. The van der Waals surface area contributed by atoms with Gasteiger partial charge in [0.15, 0.2) is 3.77 Å². The fourth-order valence-electron chi connectivity index (χ4n) is 1.75. The summed E-state index contributed by atoms with van der Waals surface area (Å²) < 4.78 is 6.40. The van der Waals surface area contributed by atoms with E-state index in [0.29, 0.717) is 6.54 Å². The van der Waals surface area contributed by atoms with Gasteiger partial charge in [-0.3, -0.25) is 5.10 Å². The SMILES string of the molecule is Ic1ccc(CNc2cccc3[nH]ncc23)o1. The Bertz CT molecular complexity index is 644. The van der Waals surface area contributed by atoms with Crippen LogP contribution in [0, 0.1) is 3.77 Å². The van der Waals surface area contributed by atoms with Gasteiger partial charge in [0.2, 0.25) is 0 Å². The summed E-state index contributed by atoms with van der Waals surface area (Å²) in [5.74, 6) is 0.926. The summed E-state index contributed by atoms with van der Waals surface area (Å²) in [7, 11) is 0. The van der Waals surface area contributed by atoms with E-state index in [1.54, 1.807) is 0 Å². The Morgan fingerprint density at radius 1 is 1.29 bits per heavy atom. The number of benzene rings is 1. The highest BCUT2D eigenvalue weighted by Crippen LogP contribution is 2.22. The van der Waals surface area contributed by atoms with E-state index in [2.05, 4.69) is 38.1 Å². The molecule has 0 radical (unpaired) electrons. The second kappa shape index (κ2) is 4.40. The van der Waals surface area contributed by atoms with Crippen LogP contribution in [0.25, 0.3) is 10.9 Å². The van der Waals surface area contributed by atoms with E-state index < -0.39 is 0 Å². The minimum Gasteiger partial charge on any atom is -0.454 e. The molecule has 0 atom stereocenters. The first-order valence-corrected chi connectivity index (χ1v) is 6.31. The van der Waals surface area contributed by atoms with Crippen LogP contribution in [-0.2, 0) is 6.54 Å². The maximum Gasteiger partial charge on any atom is 0.164 e. The zero-order valence-corrected chi connectivity index (χ0v) is 11.1. The van der Waals surface area contributed by atoms with Gasteiger partial charge in [0.1, 0.15) is 5.76 Å². The van der Waals surface area contributed by atoms with Crippen LogP contribution in [0.5, 0.6) is 0 Å². The van der Waals surface area contributed by atoms with E-state index in [0.717, 1.165) is 26.1 Å². The van der Waals surface area contributed by atoms with Gasteiger partial charge in [-0.15, -0.1) is 0 Å². The van der Waals surface area contributed by atoms with Crippen molar-refractivity contribution < 1.29 is 4.42 Å². The molecule has 3 aromatic rings. The summed E-state index contributed by atoms with van der Waals surface area (Å²) in [6.07, 6.45) is 1.82. The molecule has 1 aromatic carbocycles. The highest BCUT2D eigenvalue weighted by Gasteiger charge is 2.03. The largest absolute Gasteiger partial charge is 0.454 e. The number of rotatable bonds is 3. The number of nitrogens with one attached hydrogen (secondary N) is 2. The molecule has 17 heavy (non-hydrogen) atoms. The maximum absolute atomic E-state index is 5.50. The van der Waals surface area contributed by atoms with Crippen molar-refractivity contribution >= 4 is 39.2 Å². The summed E-state index contributed by atoms with van der Waals surface area (Å²) in [5.41, 5.74) is 2.09. The average molecular weight is 339 g/mol. The van der Waals surface area contributed by atoms with Crippen LogP contribution in [0.4, 0.5) is 5.69 Å². The lowest BCUT2D eigenvalue weighted by molar-refractivity contribution is 0.493. The number of hydrogen-bond acceptors (Lipinski definition) is 3. The molecule has 5 heteroatoms. The van der Waals surface area contributed by atoms with Crippen molar-refractivity contribution in [2.75, 3.05) is 5.32 Å². The third-order valence-corrected chi connectivity index (χ3v) is 3.15. The monoisotopic (exact) mass is 339 g/mol. The molecule has 2 N–H and O–H groups in total. The maximum atomic E-state index is 5.50. The Labute approximate surface area is 112 Å². The predicted octanol–water partition coefficient (Wildman–Crippen LogP) is 3.37. The second-order valence-electron chi connectivity index (χ2n) is 3.70. The smallest absolute Gasteiger partial charge is 0.164 e. The van der Waals surface area contributed by atoms with Crippen LogP contribution in [0.3, 0.4) is 0 Å². The Morgan fingerprint density at radius 3 is 3.06 bits per heavy atom. The molecule has 0 aliphatic heterocycles. The number of H-pyrrole nitrogens is 1. The number of anilines is 1. The molecule has 86 valence electrons. The van der Waals surface area contributed by atoms with Crippen LogP contribution < -0.4 is 5.32 Å². The molecule has 0 spiro atoms. The van der Waals surface area contributed by atoms with Crippen LogP contribution in [0.1, 0.15) is 5.76 Å². The van der Waals surface area contributed by atoms with Gasteiger partial charge in [0.05, 0.1) is 18.3 Å². The average Bonchev–Trinajstić information content (AvgIpc) is 2.94. The topological polar surface area (TPSA) is 53.9 Å².